The largest absolute Gasteiger partial charge is 0.462 e. The second kappa shape index (κ2) is 5.91. The maximum absolute atomic E-state index is 11.9. The first kappa shape index (κ1) is 15.3. The van der Waals surface area contributed by atoms with Crippen molar-refractivity contribution in [3.8, 4) is 0 Å². The van der Waals surface area contributed by atoms with E-state index in [9.17, 15) is 9.59 Å². The van der Waals surface area contributed by atoms with Gasteiger partial charge in [0.15, 0.2) is 0 Å². The van der Waals surface area contributed by atoms with Gasteiger partial charge in [0.2, 0.25) is 0 Å². The molecule has 23 heavy (non-hydrogen) atoms. The van der Waals surface area contributed by atoms with Crippen molar-refractivity contribution in [1.29, 1.82) is 0 Å². The topological polar surface area (TPSA) is 98.7 Å². The molecule has 7 heteroatoms. The molecule has 1 amide bonds. The van der Waals surface area contributed by atoms with Crippen molar-refractivity contribution < 1.29 is 14.3 Å². The molecule has 1 atom stereocenters. The zero-order chi connectivity index (χ0) is 16.6. The first-order valence-electron chi connectivity index (χ1n) is 7.76. The number of nitrogens with zero attached hydrogens (tertiary/aromatic N) is 2. The van der Waals surface area contributed by atoms with Crippen LogP contribution in [0.1, 0.15) is 47.4 Å². The van der Waals surface area contributed by atoms with Crippen LogP contribution in [0.2, 0.25) is 0 Å². The number of esters is 1. The third kappa shape index (κ3) is 2.99. The van der Waals surface area contributed by atoms with Gasteiger partial charge >= 0.3 is 5.97 Å². The number of nitrogens with one attached hydrogen (secondary N) is 1. The summed E-state index contributed by atoms with van der Waals surface area (Å²) in [6, 6.07) is 1.89. The van der Waals surface area contributed by atoms with Gasteiger partial charge in [-0.05, 0) is 38.7 Å². The summed E-state index contributed by atoms with van der Waals surface area (Å²) in [6.07, 6.45) is 5.37. The van der Waals surface area contributed by atoms with E-state index in [1.54, 1.807) is 23.7 Å². The molecule has 2 aromatic rings. The van der Waals surface area contributed by atoms with Crippen molar-refractivity contribution in [2.24, 2.45) is 11.7 Å². The van der Waals surface area contributed by atoms with E-state index >= 15 is 0 Å². The zero-order valence-corrected chi connectivity index (χ0v) is 13.2. The normalized spacial score (nSPS) is 15.4. The van der Waals surface area contributed by atoms with Crippen LogP contribution in [-0.2, 0) is 4.74 Å². The van der Waals surface area contributed by atoms with Gasteiger partial charge in [-0.1, -0.05) is 0 Å². The van der Waals surface area contributed by atoms with Gasteiger partial charge in [0, 0.05) is 12.2 Å². The Kier molecular flexibility index (Phi) is 3.94. The van der Waals surface area contributed by atoms with E-state index in [-0.39, 0.29) is 6.04 Å². The number of rotatable bonds is 6. The van der Waals surface area contributed by atoms with E-state index in [1.165, 1.54) is 19.0 Å². The maximum Gasteiger partial charge on any atom is 0.339 e. The lowest BCUT2D eigenvalue weighted by atomic mass is 10.1. The minimum atomic E-state index is -0.551. The second-order valence-corrected chi connectivity index (χ2v) is 5.85. The number of hydrogen-bond donors (Lipinski definition) is 2. The van der Waals surface area contributed by atoms with Crippen molar-refractivity contribution in [1.82, 2.24) is 9.61 Å². The van der Waals surface area contributed by atoms with Crippen LogP contribution in [0.5, 0.6) is 0 Å². The first-order valence-corrected chi connectivity index (χ1v) is 7.76. The molecule has 0 aliphatic heterocycles. The lowest BCUT2D eigenvalue weighted by Gasteiger charge is -2.17. The Balaban J connectivity index is 2.05. The van der Waals surface area contributed by atoms with Crippen LogP contribution in [0.25, 0.3) is 5.52 Å². The van der Waals surface area contributed by atoms with Crippen LogP contribution < -0.4 is 11.1 Å². The highest BCUT2D eigenvalue weighted by Crippen LogP contribution is 2.35. The summed E-state index contributed by atoms with van der Waals surface area (Å²) in [5, 5.41) is 7.53. The highest BCUT2D eigenvalue weighted by molar-refractivity contribution is 6.03. The standard InChI is InChI=1S/C16H20N4O3/c1-3-23-16(22)11-6-13-14(19-9(2)10-4-5-10)12(15(17)21)7-18-20(13)8-11/h6-10,19H,3-5H2,1-2H3,(H2,17,21)/t9-/m1/s1. The fourth-order valence-corrected chi connectivity index (χ4v) is 2.66. The molecule has 1 aliphatic carbocycles. The third-order valence-corrected chi connectivity index (χ3v) is 4.11. The maximum atomic E-state index is 11.9. The summed E-state index contributed by atoms with van der Waals surface area (Å²) < 4.78 is 6.57. The van der Waals surface area contributed by atoms with Gasteiger partial charge in [0.05, 0.1) is 35.1 Å². The smallest absolute Gasteiger partial charge is 0.339 e. The van der Waals surface area contributed by atoms with Crippen LogP contribution in [-0.4, -0.2) is 34.1 Å². The van der Waals surface area contributed by atoms with Gasteiger partial charge in [-0.3, -0.25) is 4.79 Å². The highest BCUT2D eigenvalue weighted by Gasteiger charge is 2.29. The molecule has 0 saturated heterocycles. The first-order chi connectivity index (χ1) is 11.0. The molecule has 2 heterocycles. The molecule has 2 aromatic heterocycles. The van der Waals surface area contributed by atoms with Gasteiger partial charge in [0.25, 0.3) is 5.91 Å². The predicted octanol–water partition coefficient (Wildman–Crippen LogP) is 1.82. The summed E-state index contributed by atoms with van der Waals surface area (Å²) in [6.45, 7) is 4.13. The van der Waals surface area contributed by atoms with Crippen molar-refractivity contribution in [3.63, 3.8) is 0 Å². The molecule has 0 aromatic carbocycles. The number of anilines is 1. The number of amides is 1. The summed E-state index contributed by atoms with van der Waals surface area (Å²) in [7, 11) is 0. The Morgan fingerprint density at radius 3 is 2.87 bits per heavy atom. The molecule has 3 rings (SSSR count). The highest BCUT2D eigenvalue weighted by atomic mass is 16.5. The van der Waals surface area contributed by atoms with E-state index in [4.69, 9.17) is 10.5 Å². The molecule has 3 N–H and O–H groups in total. The average molecular weight is 316 g/mol. The van der Waals surface area contributed by atoms with Gasteiger partial charge in [0.1, 0.15) is 0 Å². The Morgan fingerprint density at radius 1 is 1.52 bits per heavy atom. The molecular weight excluding hydrogens is 296 g/mol. The molecule has 7 nitrogen and oxygen atoms in total. The summed E-state index contributed by atoms with van der Waals surface area (Å²) in [5.74, 6) is -0.368. The number of fused-ring (bicyclic) bond motifs is 1. The summed E-state index contributed by atoms with van der Waals surface area (Å²) in [4.78, 5) is 23.6. The molecule has 0 radical (unpaired) electrons. The average Bonchev–Trinajstić information content (AvgIpc) is 3.26. The third-order valence-electron chi connectivity index (χ3n) is 4.11. The Bertz CT molecular complexity index is 764. The number of carbonyl (C=O) groups excluding carboxylic acids is 2. The molecule has 0 spiro atoms. The molecule has 1 aliphatic rings. The minimum Gasteiger partial charge on any atom is -0.462 e. The predicted molar refractivity (Wildman–Crippen MR) is 85.5 cm³/mol. The van der Waals surface area contributed by atoms with E-state index < -0.39 is 11.9 Å². The molecule has 0 bridgehead atoms. The number of aromatic nitrogens is 2. The van der Waals surface area contributed by atoms with E-state index in [0.29, 0.717) is 34.9 Å². The lowest BCUT2D eigenvalue weighted by molar-refractivity contribution is 0.0526. The van der Waals surface area contributed by atoms with Crippen LogP contribution in [0.15, 0.2) is 18.5 Å². The van der Waals surface area contributed by atoms with E-state index in [0.717, 1.165) is 0 Å². The van der Waals surface area contributed by atoms with Crippen LogP contribution >= 0.6 is 0 Å². The zero-order valence-electron chi connectivity index (χ0n) is 13.2. The Hall–Kier alpha value is -2.57. The molecule has 1 fully saturated rings. The number of nitrogens with two attached hydrogens (primary N) is 1. The number of carbonyl (C=O) groups is 2. The van der Waals surface area contributed by atoms with Crippen LogP contribution in [0.4, 0.5) is 5.69 Å². The Labute approximate surface area is 133 Å². The molecule has 122 valence electrons. The van der Waals surface area contributed by atoms with Crippen molar-refractivity contribution in [3.05, 3.63) is 29.6 Å². The number of ether oxygens (including phenoxy) is 1. The van der Waals surface area contributed by atoms with Crippen molar-refractivity contribution in [2.75, 3.05) is 11.9 Å². The van der Waals surface area contributed by atoms with E-state index in [2.05, 4.69) is 17.3 Å². The SMILES string of the molecule is CCOC(=O)c1cc2c(N[C@H](C)C3CC3)c(C(N)=O)cnn2c1. The second-order valence-electron chi connectivity index (χ2n) is 5.85. The van der Waals surface area contributed by atoms with Crippen molar-refractivity contribution in [2.45, 2.75) is 32.7 Å². The van der Waals surface area contributed by atoms with E-state index in [1.807, 2.05) is 0 Å². The Morgan fingerprint density at radius 2 is 2.26 bits per heavy atom. The van der Waals surface area contributed by atoms with Gasteiger partial charge in [-0.25, -0.2) is 9.31 Å². The lowest BCUT2D eigenvalue weighted by Crippen LogP contribution is -2.22. The fourth-order valence-electron chi connectivity index (χ4n) is 2.66. The van der Waals surface area contributed by atoms with Crippen molar-refractivity contribution >= 4 is 23.1 Å². The van der Waals surface area contributed by atoms with Gasteiger partial charge < -0.3 is 15.8 Å². The fraction of sp³-hybridized carbons (Fsp3) is 0.438. The minimum absolute atomic E-state index is 0.222. The van der Waals surface area contributed by atoms with Gasteiger partial charge in [-0.2, -0.15) is 5.10 Å². The summed E-state index contributed by atoms with van der Waals surface area (Å²) in [5.41, 5.74) is 7.43. The number of hydrogen-bond acceptors (Lipinski definition) is 5. The van der Waals surface area contributed by atoms with Crippen LogP contribution in [0.3, 0.4) is 0 Å². The monoisotopic (exact) mass is 316 g/mol. The molecular formula is C16H20N4O3. The van der Waals surface area contributed by atoms with Crippen LogP contribution in [0, 0.1) is 5.92 Å². The number of primary amides is 1. The van der Waals surface area contributed by atoms with Gasteiger partial charge in [-0.15, -0.1) is 0 Å². The quantitative estimate of drug-likeness (QED) is 0.792. The molecule has 0 unspecified atom stereocenters. The molecule has 1 saturated carbocycles. The summed E-state index contributed by atoms with van der Waals surface area (Å²) >= 11 is 0.